The Bertz CT molecular complexity index is 645. The van der Waals surface area contributed by atoms with Crippen molar-refractivity contribution >= 4 is 17.5 Å². The first-order chi connectivity index (χ1) is 10.3. The molecule has 0 saturated heterocycles. The minimum absolute atomic E-state index is 0.0357. The van der Waals surface area contributed by atoms with Crippen LogP contribution in [0.1, 0.15) is 25.8 Å². The molecule has 2 aromatic carbocycles. The summed E-state index contributed by atoms with van der Waals surface area (Å²) in [5.41, 5.74) is 8.57. The van der Waals surface area contributed by atoms with E-state index in [-0.39, 0.29) is 5.91 Å². The van der Waals surface area contributed by atoms with Crippen LogP contribution in [0.3, 0.4) is 0 Å². The molecule has 0 unspecified atom stereocenters. The lowest BCUT2D eigenvalue weighted by molar-refractivity contribution is -0.122. The third-order valence-corrected chi connectivity index (χ3v) is 3.45. The highest BCUT2D eigenvalue weighted by atomic mass is 35.5. The van der Waals surface area contributed by atoms with E-state index in [0.717, 1.165) is 21.7 Å². The molecule has 0 fully saturated rings. The SMILES string of the molecule is CC(C)(N)CC(=O)NCc1ccc(-c2cccc(Cl)c2)cc1. The maximum Gasteiger partial charge on any atom is 0.222 e. The van der Waals surface area contributed by atoms with Crippen molar-refractivity contribution in [1.29, 1.82) is 0 Å². The first-order valence-electron chi connectivity index (χ1n) is 7.24. The lowest BCUT2D eigenvalue weighted by Crippen LogP contribution is -2.38. The molecule has 0 bridgehead atoms. The first-order valence-corrected chi connectivity index (χ1v) is 7.62. The second kappa shape index (κ2) is 6.95. The molecule has 0 aliphatic heterocycles. The average Bonchev–Trinajstić information content (AvgIpc) is 2.44. The number of halogens is 1. The normalized spacial score (nSPS) is 11.3. The summed E-state index contributed by atoms with van der Waals surface area (Å²) in [6, 6.07) is 15.8. The fourth-order valence-electron chi connectivity index (χ4n) is 2.16. The van der Waals surface area contributed by atoms with E-state index in [0.29, 0.717) is 13.0 Å². The average molecular weight is 317 g/mol. The molecule has 2 rings (SSSR count). The maximum atomic E-state index is 11.8. The number of nitrogens with one attached hydrogen (secondary N) is 1. The van der Waals surface area contributed by atoms with Crippen molar-refractivity contribution in [2.45, 2.75) is 32.4 Å². The summed E-state index contributed by atoms with van der Waals surface area (Å²) < 4.78 is 0. The summed E-state index contributed by atoms with van der Waals surface area (Å²) in [7, 11) is 0. The van der Waals surface area contributed by atoms with E-state index < -0.39 is 5.54 Å². The van der Waals surface area contributed by atoms with Gasteiger partial charge in [0.25, 0.3) is 0 Å². The lowest BCUT2D eigenvalue weighted by Gasteiger charge is -2.17. The number of hydrogen-bond acceptors (Lipinski definition) is 2. The second-order valence-corrected chi connectivity index (χ2v) is 6.59. The van der Waals surface area contributed by atoms with Gasteiger partial charge in [0, 0.05) is 23.5 Å². The van der Waals surface area contributed by atoms with E-state index >= 15 is 0 Å². The molecule has 0 aliphatic carbocycles. The Hall–Kier alpha value is -1.84. The summed E-state index contributed by atoms with van der Waals surface area (Å²) in [6.07, 6.45) is 0.313. The lowest BCUT2D eigenvalue weighted by atomic mass is 10.0. The molecule has 0 aromatic heterocycles. The van der Waals surface area contributed by atoms with E-state index in [1.165, 1.54) is 0 Å². The molecule has 0 saturated carbocycles. The van der Waals surface area contributed by atoms with Gasteiger partial charge < -0.3 is 11.1 Å². The fraction of sp³-hybridized carbons (Fsp3) is 0.278. The van der Waals surface area contributed by atoms with Gasteiger partial charge in [-0.2, -0.15) is 0 Å². The number of rotatable bonds is 5. The smallest absolute Gasteiger partial charge is 0.222 e. The molecule has 4 heteroatoms. The fourth-order valence-corrected chi connectivity index (χ4v) is 2.35. The van der Waals surface area contributed by atoms with Crippen molar-refractivity contribution in [2.24, 2.45) is 5.73 Å². The van der Waals surface area contributed by atoms with Gasteiger partial charge in [-0.25, -0.2) is 0 Å². The Morgan fingerprint density at radius 2 is 1.82 bits per heavy atom. The van der Waals surface area contributed by atoms with Crippen LogP contribution in [0.5, 0.6) is 0 Å². The topological polar surface area (TPSA) is 55.1 Å². The van der Waals surface area contributed by atoms with Crippen LogP contribution < -0.4 is 11.1 Å². The molecule has 22 heavy (non-hydrogen) atoms. The molecule has 0 aliphatic rings. The standard InChI is InChI=1S/C18H21ClN2O/c1-18(2,20)11-17(22)21-12-13-6-8-14(9-7-13)15-4-3-5-16(19)10-15/h3-10H,11-12,20H2,1-2H3,(H,21,22). The van der Waals surface area contributed by atoms with Gasteiger partial charge in [-0.05, 0) is 42.7 Å². The minimum Gasteiger partial charge on any atom is -0.352 e. The first kappa shape index (κ1) is 16.5. The quantitative estimate of drug-likeness (QED) is 0.882. The van der Waals surface area contributed by atoms with E-state index in [1.807, 2.05) is 62.4 Å². The molecule has 2 aromatic rings. The summed E-state index contributed by atoms with van der Waals surface area (Å²) >= 11 is 6.01. The van der Waals surface area contributed by atoms with Gasteiger partial charge in [-0.1, -0.05) is 48.0 Å². The van der Waals surface area contributed by atoms with Crippen LogP contribution in [0.4, 0.5) is 0 Å². The number of hydrogen-bond donors (Lipinski definition) is 2. The summed E-state index contributed by atoms with van der Waals surface area (Å²) in [4.78, 5) is 11.8. The van der Waals surface area contributed by atoms with Gasteiger partial charge in [0.05, 0.1) is 0 Å². The Labute approximate surface area is 136 Å². The highest BCUT2D eigenvalue weighted by Gasteiger charge is 2.15. The van der Waals surface area contributed by atoms with Crippen molar-refractivity contribution in [1.82, 2.24) is 5.32 Å². The number of benzene rings is 2. The summed E-state index contributed by atoms with van der Waals surface area (Å²) in [5, 5.41) is 3.60. The molecule has 0 heterocycles. The zero-order valence-corrected chi connectivity index (χ0v) is 13.7. The van der Waals surface area contributed by atoms with Gasteiger partial charge in [-0.15, -0.1) is 0 Å². The van der Waals surface area contributed by atoms with Crippen molar-refractivity contribution < 1.29 is 4.79 Å². The van der Waals surface area contributed by atoms with E-state index in [9.17, 15) is 4.79 Å². The minimum atomic E-state index is -0.486. The molecular weight excluding hydrogens is 296 g/mol. The van der Waals surface area contributed by atoms with Crippen LogP contribution in [0.2, 0.25) is 5.02 Å². The van der Waals surface area contributed by atoms with Crippen molar-refractivity contribution in [2.75, 3.05) is 0 Å². The third-order valence-electron chi connectivity index (χ3n) is 3.22. The van der Waals surface area contributed by atoms with Crippen molar-refractivity contribution in [3.63, 3.8) is 0 Å². The summed E-state index contributed by atoms with van der Waals surface area (Å²) in [5.74, 6) is -0.0357. The Kier molecular flexibility index (Phi) is 5.22. The predicted octanol–water partition coefficient (Wildman–Crippen LogP) is 3.75. The van der Waals surface area contributed by atoms with Crippen LogP contribution in [0.15, 0.2) is 48.5 Å². The van der Waals surface area contributed by atoms with Gasteiger partial charge in [0.1, 0.15) is 0 Å². The highest BCUT2D eigenvalue weighted by molar-refractivity contribution is 6.30. The third kappa shape index (κ3) is 5.17. The molecule has 0 spiro atoms. The maximum absolute atomic E-state index is 11.8. The van der Waals surface area contributed by atoms with Gasteiger partial charge in [0.2, 0.25) is 5.91 Å². The van der Waals surface area contributed by atoms with E-state index in [1.54, 1.807) is 0 Å². The van der Waals surface area contributed by atoms with Gasteiger partial charge in [-0.3, -0.25) is 4.79 Å². The van der Waals surface area contributed by atoms with Crippen LogP contribution in [0, 0.1) is 0 Å². The van der Waals surface area contributed by atoms with Crippen molar-refractivity contribution in [3.05, 3.63) is 59.1 Å². The van der Waals surface area contributed by atoms with Gasteiger partial charge >= 0.3 is 0 Å². The zero-order chi connectivity index (χ0) is 16.2. The highest BCUT2D eigenvalue weighted by Crippen LogP contribution is 2.22. The molecule has 0 atom stereocenters. The number of nitrogens with two attached hydrogens (primary N) is 1. The van der Waals surface area contributed by atoms with Crippen LogP contribution in [-0.2, 0) is 11.3 Å². The second-order valence-electron chi connectivity index (χ2n) is 6.15. The zero-order valence-electron chi connectivity index (χ0n) is 12.9. The molecular formula is C18H21ClN2O. The summed E-state index contributed by atoms with van der Waals surface area (Å²) in [6.45, 7) is 4.18. The van der Waals surface area contributed by atoms with Crippen LogP contribution in [-0.4, -0.2) is 11.4 Å². The van der Waals surface area contributed by atoms with Crippen LogP contribution >= 0.6 is 11.6 Å². The number of carbonyl (C=O) groups excluding carboxylic acids is 1. The largest absolute Gasteiger partial charge is 0.352 e. The molecule has 3 N–H and O–H groups in total. The predicted molar refractivity (Wildman–Crippen MR) is 91.6 cm³/mol. The monoisotopic (exact) mass is 316 g/mol. The van der Waals surface area contributed by atoms with Crippen molar-refractivity contribution in [3.8, 4) is 11.1 Å². The number of carbonyl (C=O) groups is 1. The van der Waals surface area contributed by atoms with Crippen LogP contribution in [0.25, 0.3) is 11.1 Å². The number of amides is 1. The molecule has 0 radical (unpaired) electrons. The van der Waals surface area contributed by atoms with Gasteiger partial charge in [0.15, 0.2) is 0 Å². The van der Waals surface area contributed by atoms with E-state index in [4.69, 9.17) is 17.3 Å². The van der Waals surface area contributed by atoms with E-state index in [2.05, 4.69) is 5.32 Å². The Balaban J connectivity index is 1.96. The molecule has 1 amide bonds. The Morgan fingerprint density at radius 3 is 2.41 bits per heavy atom. The molecule has 3 nitrogen and oxygen atoms in total. The Morgan fingerprint density at radius 1 is 1.14 bits per heavy atom. The molecule has 116 valence electrons.